The molecule has 0 aliphatic rings. The molecule has 0 aliphatic carbocycles. The number of benzene rings is 1. The molecule has 0 bridgehead atoms. The Morgan fingerprint density at radius 2 is 2.10 bits per heavy atom. The lowest BCUT2D eigenvalue weighted by molar-refractivity contribution is 1.05. The molecule has 0 spiro atoms. The minimum Gasteiger partial charge on any atom is -0.370 e. The first kappa shape index (κ1) is 13.0. The van der Waals surface area contributed by atoms with Crippen molar-refractivity contribution < 1.29 is 0 Å². The van der Waals surface area contributed by atoms with E-state index in [1.54, 1.807) is 11.8 Å². The van der Waals surface area contributed by atoms with Gasteiger partial charge in [0.15, 0.2) is 5.16 Å². The molecule has 4 nitrogen and oxygen atoms in total. The lowest BCUT2D eigenvalue weighted by Crippen LogP contribution is -1.98. The van der Waals surface area contributed by atoms with Gasteiger partial charge in [-0.1, -0.05) is 12.1 Å². The summed E-state index contributed by atoms with van der Waals surface area (Å²) in [5, 5.41) is 5.01. The van der Waals surface area contributed by atoms with Gasteiger partial charge in [-0.25, -0.2) is 9.97 Å². The maximum Gasteiger partial charge on any atom is 0.172 e. The quantitative estimate of drug-likeness (QED) is 0.764. The molecule has 2 heterocycles. The second-order valence-corrected chi connectivity index (χ2v) is 5.57. The summed E-state index contributed by atoms with van der Waals surface area (Å²) < 4.78 is 0. The predicted molar refractivity (Wildman–Crippen MR) is 83.4 cm³/mol. The first-order valence-corrected chi connectivity index (χ1v) is 7.41. The van der Waals surface area contributed by atoms with E-state index >= 15 is 0 Å². The van der Waals surface area contributed by atoms with Gasteiger partial charge in [0, 0.05) is 6.54 Å². The number of imidazole rings is 1. The molecular weight excluding hydrogens is 268 g/mol. The summed E-state index contributed by atoms with van der Waals surface area (Å²) in [6, 6.07) is 12.2. The Morgan fingerprint density at radius 1 is 1.20 bits per heavy atom. The van der Waals surface area contributed by atoms with E-state index in [0.717, 1.165) is 33.6 Å². The van der Waals surface area contributed by atoms with Crippen LogP contribution in [0.15, 0.2) is 46.6 Å². The number of nitrogens with one attached hydrogen (secondary N) is 2. The molecule has 0 saturated heterocycles. The number of pyridine rings is 1. The molecule has 102 valence electrons. The number of aromatic nitrogens is 3. The van der Waals surface area contributed by atoms with E-state index in [1.165, 1.54) is 5.56 Å². The summed E-state index contributed by atoms with van der Waals surface area (Å²) in [6.45, 7) is 5.00. The molecule has 0 amide bonds. The Bertz CT molecular complexity index is 736. The van der Waals surface area contributed by atoms with E-state index in [9.17, 15) is 0 Å². The topological polar surface area (TPSA) is 53.6 Å². The molecule has 0 saturated carbocycles. The highest BCUT2D eigenvalue weighted by Crippen LogP contribution is 2.26. The average Bonchev–Trinajstić information content (AvgIpc) is 2.81. The maximum atomic E-state index is 4.57. The monoisotopic (exact) mass is 284 g/mol. The largest absolute Gasteiger partial charge is 0.370 e. The van der Waals surface area contributed by atoms with Crippen molar-refractivity contribution in [3.8, 4) is 0 Å². The molecule has 1 aromatic carbocycles. The lowest BCUT2D eigenvalue weighted by atomic mass is 10.2. The van der Waals surface area contributed by atoms with Gasteiger partial charge in [-0.3, -0.25) is 0 Å². The van der Waals surface area contributed by atoms with Crippen molar-refractivity contribution in [3.05, 3.63) is 42.0 Å². The Kier molecular flexibility index (Phi) is 3.60. The summed E-state index contributed by atoms with van der Waals surface area (Å²) in [7, 11) is 0. The fourth-order valence-corrected chi connectivity index (χ4v) is 2.79. The zero-order valence-corrected chi connectivity index (χ0v) is 12.3. The average molecular weight is 284 g/mol. The van der Waals surface area contributed by atoms with Crippen molar-refractivity contribution in [2.75, 3.05) is 11.9 Å². The van der Waals surface area contributed by atoms with Crippen molar-refractivity contribution in [2.45, 2.75) is 24.0 Å². The first-order valence-electron chi connectivity index (χ1n) is 6.60. The molecule has 5 heteroatoms. The van der Waals surface area contributed by atoms with Gasteiger partial charge in [-0.2, -0.15) is 0 Å². The van der Waals surface area contributed by atoms with Crippen molar-refractivity contribution in [2.24, 2.45) is 0 Å². The van der Waals surface area contributed by atoms with E-state index in [4.69, 9.17) is 0 Å². The van der Waals surface area contributed by atoms with Crippen LogP contribution in [-0.2, 0) is 0 Å². The van der Waals surface area contributed by atoms with Crippen LogP contribution in [0.1, 0.15) is 12.5 Å². The molecular formula is C15H16N4S. The molecule has 0 aliphatic heterocycles. The van der Waals surface area contributed by atoms with E-state index in [0.29, 0.717) is 0 Å². The van der Waals surface area contributed by atoms with E-state index in [1.807, 2.05) is 24.3 Å². The standard InChI is InChI=1S/C15H16N4S/c1-3-16-13-5-4-6-14(19-13)20-15-17-11-8-7-10(2)9-12(11)18-15/h4-9H,3H2,1-2H3,(H,16,19)(H,17,18). The number of aryl methyl sites for hydroxylation is 1. The highest BCUT2D eigenvalue weighted by atomic mass is 32.2. The van der Waals surface area contributed by atoms with Crippen LogP contribution in [0, 0.1) is 6.92 Å². The van der Waals surface area contributed by atoms with Crippen molar-refractivity contribution >= 4 is 28.6 Å². The Balaban J connectivity index is 1.87. The third-order valence-corrected chi connectivity index (χ3v) is 3.72. The van der Waals surface area contributed by atoms with Crippen LogP contribution in [0.3, 0.4) is 0 Å². The molecule has 0 atom stereocenters. The van der Waals surface area contributed by atoms with Gasteiger partial charge in [0.05, 0.1) is 11.0 Å². The van der Waals surface area contributed by atoms with Crippen LogP contribution >= 0.6 is 11.8 Å². The number of hydrogen-bond donors (Lipinski definition) is 2. The van der Waals surface area contributed by atoms with Crippen LogP contribution in [0.2, 0.25) is 0 Å². The fraction of sp³-hybridized carbons (Fsp3) is 0.200. The van der Waals surface area contributed by atoms with Crippen molar-refractivity contribution in [1.29, 1.82) is 0 Å². The second kappa shape index (κ2) is 5.54. The third-order valence-electron chi connectivity index (χ3n) is 2.90. The molecule has 0 unspecified atom stereocenters. The minimum absolute atomic E-state index is 0.866. The lowest BCUT2D eigenvalue weighted by Gasteiger charge is -2.03. The number of hydrogen-bond acceptors (Lipinski definition) is 4. The minimum atomic E-state index is 0.866. The molecule has 3 rings (SSSR count). The third kappa shape index (κ3) is 2.77. The molecule has 0 fully saturated rings. The summed E-state index contributed by atoms with van der Waals surface area (Å²) in [5.74, 6) is 0.893. The van der Waals surface area contributed by atoms with Gasteiger partial charge >= 0.3 is 0 Å². The van der Waals surface area contributed by atoms with Crippen LogP contribution < -0.4 is 5.32 Å². The number of rotatable bonds is 4. The van der Waals surface area contributed by atoms with Gasteiger partial charge in [0.25, 0.3) is 0 Å². The van der Waals surface area contributed by atoms with Gasteiger partial charge in [-0.15, -0.1) is 0 Å². The summed E-state index contributed by atoms with van der Waals surface area (Å²) in [5.41, 5.74) is 3.28. The van der Waals surface area contributed by atoms with Crippen LogP contribution in [0.4, 0.5) is 5.82 Å². The Hall–Kier alpha value is -2.01. The fourth-order valence-electron chi connectivity index (χ4n) is 2.00. The maximum absolute atomic E-state index is 4.57. The molecule has 20 heavy (non-hydrogen) atoms. The smallest absolute Gasteiger partial charge is 0.172 e. The molecule has 3 aromatic rings. The van der Waals surface area contributed by atoms with E-state index < -0.39 is 0 Å². The number of nitrogens with zero attached hydrogens (tertiary/aromatic N) is 2. The normalized spacial score (nSPS) is 10.9. The van der Waals surface area contributed by atoms with Crippen molar-refractivity contribution in [1.82, 2.24) is 15.0 Å². The summed E-state index contributed by atoms with van der Waals surface area (Å²) >= 11 is 1.54. The highest BCUT2D eigenvalue weighted by Gasteiger charge is 2.06. The summed E-state index contributed by atoms with van der Waals surface area (Å²) in [4.78, 5) is 12.4. The van der Waals surface area contributed by atoms with Crippen LogP contribution in [0.25, 0.3) is 11.0 Å². The number of H-pyrrole nitrogens is 1. The zero-order chi connectivity index (χ0) is 13.9. The van der Waals surface area contributed by atoms with Gasteiger partial charge in [0.2, 0.25) is 0 Å². The predicted octanol–water partition coefficient (Wildman–Crippen LogP) is 3.85. The van der Waals surface area contributed by atoms with Gasteiger partial charge < -0.3 is 10.3 Å². The number of aromatic amines is 1. The SMILES string of the molecule is CCNc1cccc(Sc2nc3ccc(C)cc3[nH]2)n1. The van der Waals surface area contributed by atoms with E-state index in [2.05, 4.69) is 46.2 Å². The molecule has 2 aromatic heterocycles. The van der Waals surface area contributed by atoms with Crippen LogP contribution in [0.5, 0.6) is 0 Å². The Labute approximate surface area is 122 Å². The zero-order valence-electron chi connectivity index (χ0n) is 11.5. The number of anilines is 1. The van der Waals surface area contributed by atoms with E-state index in [-0.39, 0.29) is 0 Å². The Morgan fingerprint density at radius 3 is 2.95 bits per heavy atom. The van der Waals surface area contributed by atoms with Gasteiger partial charge in [0.1, 0.15) is 10.8 Å². The van der Waals surface area contributed by atoms with Gasteiger partial charge in [-0.05, 0) is 55.4 Å². The summed E-state index contributed by atoms with van der Waals surface area (Å²) in [6.07, 6.45) is 0. The molecule has 0 radical (unpaired) electrons. The first-order chi connectivity index (χ1) is 9.74. The van der Waals surface area contributed by atoms with Crippen molar-refractivity contribution in [3.63, 3.8) is 0 Å². The molecule has 2 N–H and O–H groups in total. The van der Waals surface area contributed by atoms with Crippen LogP contribution in [-0.4, -0.2) is 21.5 Å². The number of fused-ring (bicyclic) bond motifs is 1. The highest BCUT2D eigenvalue weighted by molar-refractivity contribution is 7.99. The second-order valence-electron chi connectivity index (χ2n) is 4.56.